The molecule has 0 saturated carbocycles. The molecule has 0 aliphatic carbocycles. The average Bonchev–Trinajstić information content (AvgIpc) is 3.16. The van der Waals surface area contributed by atoms with Crippen molar-refractivity contribution in [1.82, 2.24) is 10.2 Å². The maximum Gasteiger partial charge on any atom is 0.332 e. The Balaban J connectivity index is 1.85. The first kappa shape index (κ1) is 20.0. The molecular weight excluding hydrogens is 381 g/mol. The molecule has 2 heterocycles. The molecule has 28 heavy (non-hydrogen) atoms. The van der Waals surface area contributed by atoms with Crippen LogP contribution < -0.4 is 10.2 Å². The van der Waals surface area contributed by atoms with Crippen molar-refractivity contribution >= 4 is 34.9 Å². The van der Waals surface area contributed by atoms with Gasteiger partial charge >= 0.3 is 6.03 Å². The fraction of sp³-hybridized carbons (Fsp3) is 0.350. The minimum atomic E-state index is -0.871. The zero-order valence-corrected chi connectivity index (χ0v) is 16.6. The number of anilines is 1. The highest BCUT2D eigenvalue weighted by Gasteiger charge is 2.46. The Morgan fingerprint density at radius 1 is 1.21 bits per heavy atom. The molecule has 1 saturated heterocycles. The fourth-order valence-corrected chi connectivity index (χ4v) is 4.14. The molecule has 4 amide bonds. The van der Waals surface area contributed by atoms with Crippen LogP contribution in [-0.2, 0) is 16.0 Å². The third-order valence-corrected chi connectivity index (χ3v) is 5.79. The van der Waals surface area contributed by atoms with Crippen LogP contribution in [-0.4, -0.2) is 41.9 Å². The van der Waals surface area contributed by atoms with Crippen LogP contribution in [0.1, 0.15) is 23.8 Å². The number of halogens is 1. The van der Waals surface area contributed by atoms with Crippen molar-refractivity contribution in [3.8, 4) is 0 Å². The second-order valence-electron chi connectivity index (χ2n) is 6.58. The molecule has 1 N–H and O–H groups in total. The van der Waals surface area contributed by atoms with Crippen LogP contribution in [0.25, 0.3) is 0 Å². The zero-order valence-electron chi connectivity index (χ0n) is 15.8. The summed E-state index contributed by atoms with van der Waals surface area (Å²) in [4.78, 5) is 41.7. The largest absolute Gasteiger partial charge is 0.356 e. The number of carbonyl (C=O) groups is 3. The lowest BCUT2D eigenvalue weighted by molar-refractivity contribution is -0.127. The van der Waals surface area contributed by atoms with Gasteiger partial charge in [0.25, 0.3) is 5.91 Å². The molecule has 3 rings (SSSR count). The lowest BCUT2D eigenvalue weighted by Crippen LogP contribution is -2.40. The highest BCUT2D eigenvalue weighted by molar-refractivity contribution is 7.10. The monoisotopic (exact) mass is 403 g/mol. The number of urea groups is 1. The summed E-state index contributed by atoms with van der Waals surface area (Å²) in [5.74, 6) is -1.20. The van der Waals surface area contributed by atoms with E-state index in [2.05, 4.69) is 5.32 Å². The van der Waals surface area contributed by atoms with Crippen LogP contribution in [0.15, 0.2) is 35.7 Å². The van der Waals surface area contributed by atoms with Crippen LogP contribution >= 0.6 is 11.3 Å². The highest BCUT2D eigenvalue weighted by Crippen LogP contribution is 2.28. The number of amides is 4. The quantitative estimate of drug-likeness (QED) is 0.723. The lowest BCUT2D eigenvalue weighted by Gasteiger charge is -2.21. The van der Waals surface area contributed by atoms with Gasteiger partial charge in [-0.05, 0) is 61.5 Å². The van der Waals surface area contributed by atoms with Gasteiger partial charge in [0.2, 0.25) is 5.91 Å². The van der Waals surface area contributed by atoms with Gasteiger partial charge in [0.15, 0.2) is 0 Å². The number of benzene rings is 1. The van der Waals surface area contributed by atoms with E-state index in [9.17, 15) is 18.8 Å². The molecule has 1 fully saturated rings. The summed E-state index contributed by atoms with van der Waals surface area (Å²) >= 11 is 1.60. The Morgan fingerprint density at radius 2 is 1.93 bits per heavy atom. The smallest absolute Gasteiger partial charge is 0.332 e. The summed E-state index contributed by atoms with van der Waals surface area (Å²) < 4.78 is 13.2. The third kappa shape index (κ3) is 4.06. The Kier molecular flexibility index (Phi) is 6.08. The lowest BCUT2D eigenvalue weighted by atomic mass is 10.1. The van der Waals surface area contributed by atoms with Crippen molar-refractivity contribution in [3.05, 3.63) is 52.0 Å². The number of thiophene rings is 1. The minimum Gasteiger partial charge on any atom is -0.356 e. The summed E-state index contributed by atoms with van der Waals surface area (Å²) in [7, 11) is 0. The van der Waals surface area contributed by atoms with Crippen LogP contribution in [0.5, 0.6) is 0 Å². The van der Waals surface area contributed by atoms with E-state index in [1.165, 1.54) is 29.2 Å². The van der Waals surface area contributed by atoms with E-state index in [0.29, 0.717) is 25.2 Å². The Morgan fingerprint density at radius 3 is 2.54 bits per heavy atom. The predicted octanol–water partition coefficient (Wildman–Crippen LogP) is 3.10. The summed E-state index contributed by atoms with van der Waals surface area (Å²) in [5, 5.41) is 4.66. The number of nitrogens with zero attached hydrogens (tertiary/aromatic N) is 2. The maximum absolute atomic E-state index is 13.2. The average molecular weight is 403 g/mol. The Hall–Kier alpha value is -2.74. The van der Waals surface area contributed by atoms with Crippen molar-refractivity contribution in [3.63, 3.8) is 0 Å². The van der Waals surface area contributed by atoms with Crippen molar-refractivity contribution in [2.75, 3.05) is 18.0 Å². The van der Waals surface area contributed by atoms with E-state index < -0.39 is 23.8 Å². The molecule has 1 aliphatic rings. The molecular formula is C20H22FN3O3S. The van der Waals surface area contributed by atoms with E-state index in [0.717, 1.165) is 15.3 Å². The van der Waals surface area contributed by atoms with Gasteiger partial charge in [-0.3, -0.25) is 9.59 Å². The number of hydrogen-bond acceptors (Lipinski definition) is 4. The SMILES string of the molecule is CCNC(=O)C[C@@H]1C(=O)N(c2ccc(F)cc2)C(=O)N1CCc1sccc1C. The van der Waals surface area contributed by atoms with Gasteiger partial charge in [-0.2, -0.15) is 0 Å². The van der Waals surface area contributed by atoms with Crippen LogP contribution in [0, 0.1) is 12.7 Å². The number of hydrogen-bond donors (Lipinski definition) is 1. The van der Waals surface area contributed by atoms with E-state index in [4.69, 9.17) is 0 Å². The minimum absolute atomic E-state index is 0.0977. The van der Waals surface area contributed by atoms with Crippen LogP contribution in [0.3, 0.4) is 0 Å². The molecule has 2 aromatic rings. The summed E-state index contributed by atoms with van der Waals surface area (Å²) in [6.45, 7) is 4.57. The van der Waals surface area contributed by atoms with Crippen LogP contribution in [0.2, 0.25) is 0 Å². The molecule has 8 heteroatoms. The normalized spacial score (nSPS) is 16.8. The molecule has 0 radical (unpaired) electrons. The summed E-state index contributed by atoms with van der Waals surface area (Å²) in [6, 6.07) is 5.83. The fourth-order valence-electron chi connectivity index (χ4n) is 3.24. The summed E-state index contributed by atoms with van der Waals surface area (Å²) in [6.07, 6.45) is 0.505. The van der Waals surface area contributed by atoms with E-state index in [1.807, 2.05) is 18.4 Å². The number of imide groups is 1. The molecule has 1 aromatic carbocycles. The van der Waals surface area contributed by atoms with Gasteiger partial charge < -0.3 is 10.2 Å². The molecule has 6 nitrogen and oxygen atoms in total. The molecule has 1 aliphatic heterocycles. The molecule has 0 bridgehead atoms. The van der Waals surface area contributed by atoms with Crippen LogP contribution in [0.4, 0.5) is 14.9 Å². The first-order valence-corrected chi connectivity index (χ1v) is 10.00. The highest BCUT2D eigenvalue weighted by atomic mass is 32.1. The van der Waals surface area contributed by atoms with Crippen molar-refractivity contribution in [2.24, 2.45) is 0 Å². The van der Waals surface area contributed by atoms with E-state index in [1.54, 1.807) is 18.3 Å². The zero-order chi connectivity index (χ0) is 20.3. The van der Waals surface area contributed by atoms with Gasteiger partial charge in [0, 0.05) is 18.0 Å². The van der Waals surface area contributed by atoms with Gasteiger partial charge in [-0.25, -0.2) is 14.1 Å². The Bertz CT molecular complexity index is 881. The first-order valence-electron chi connectivity index (χ1n) is 9.12. The molecule has 1 atom stereocenters. The topological polar surface area (TPSA) is 69.7 Å². The molecule has 0 spiro atoms. The Labute approximate surface area is 166 Å². The predicted molar refractivity (Wildman–Crippen MR) is 106 cm³/mol. The molecule has 1 aromatic heterocycles. The standard InChI is InChI=1S/C20H22FN3O3S/c1-3-22-18(25)12-16-19(26)24(15-6-4-14(21)5-7-15)20(27)23(16)10-8-17-13(2)9-11-28-17/h4-7,9,11,16H,3,8,10,12H2,1-2H3,(H,22,25)/t16-/m1/s1. The van der Waals surface area contributed by atoms with Crippen molar-refractivity contribution in [1.29, 1.82) is 0 Å². The van der Waals surface area contributed by atoms with E-state index >= 15 is 0 Å². The van der Waals surface area contributed by atoms with Crippen molar-refractivity contribution < 1.29 is 18.8 Å². The van der Waals surface area contributed by atoms with Gasteiger partial charge in [-0.1, -0.05) is 0 Å². The second-order valence-corrected chi connectivity index (χ2v) is 7.58. The molecule has 148 valence electrons. The van der Waals surface area contributed by atoms with Gasteiger partial charge in [0.1, 0.15) is 11.9 Å². The number of nitrogens with one attached hydrogen (secondary N) is 1. The third-order valence-electron chi connectivity index (χ3n) is 4.70. The summed E-state index contributed by atoms with van der Waals surface area (Å²) in [5.41, 5.74) is 1.44. The van der Waals surface area contributed by atoms with Gasteiger partial charge in [-0.15, -0.1) is 11.3 Å². The number of carbonyl (C=O) groups excluding carboxylic acids is 3. The van der Waals surface area contributed by atoms with Crippen molar-refractivity contribution in [2.45, 2.75) is 32.7 Å². The first-order chi connectivity index (χ1) is 13.4. The second kappa shape index (κ2) is 8.52. The van der Waals surface area contributed by atoms with Gasteiger partial charge in [0.05, 0.1) is 12.1 Å². The maximum atomic E-state index is 13.2. The number of aryl methyl sites for hydroxylation is 1. The number of rotatable bonds is 7. The molecule has 0 unspecified atom stereocenters. The van der Waals surface area contributed by atoms with E-state index in [-0.39, 0.29) is 12.3 Å².